The summed E-state index contributed by atoms with van der Waals surface area (Å²) in [6.45, 7) is 10.5. The Bertz CT molecular complexity index is 1990. The van der Waals surface area contributed by atoms with Crippen LogP contribution < -0.4 is 26.6 Å². The molecule has 1 fully saturated rings. The van der Waals surface area contributed by atoms with E-state index in [1.165, 1.54) is 4.90 Å². The van der Waals surface area contributed by atoms with Gasteiger partial charge in [-0.25, -0.2) is 4.79 Å². The highest BCUT2D eigenvalue weighted by molar-refractivity contribution is 6.01. The van der Waals surface area contributed by atoms with Crippen LogP contribution in [0.25, 0.3) is 0 Å². The normalized spacial score (nSPS) is 12.5. The van der Waals surface area contributed by atoms with Crippen molar-refractivity contribution in [1.82, 2.24) is 41.4 Å². The lowest BCUT2D eigenvalue weighted by Crippen LogP contribution is -2.48. The number of methoxy groups -OCH3 is 4. The van der Waals surface area contributed by atoms with Gasteiger partial charge in [0.05, 0.1) is 198 Å². The number of hydrogen-bond acceptors (Lipinski definition) is 27. The molecule has 96 heavy (non-hydrogen) atoms. The molecule has 5 N–H and O–H groups in total. The summed E-state index contributed by atoms with van der Waals surface area (Å²) < 4.78 is 86.2. The molecule has 1 unspecified atom stereocenters. The van der Waals surface area contributed by atoms with Crippen molar-refractivity contribution in [3.05, 3.63) is 0 Å². The molecule has 8 amide bonds. The van der Waals surface area contributed by atoms with Gasteiger partial charge >= 0.3 is 5.97 Å². The highest BCUT2D eigenvalue weighted by Crippen LogP contribution is 2.14. The van der Waals surface area contributed by atoms with Crippen LogP contribution in [0.15, 0.2) is 0 Å². The second-order valence-corrected chi connectivity index (χ2v) is 21.2. The van der Waals surface area contributed by atoms with E-state index < -0.39 is 47.5 Å². The van der Waals surface area contributed by atoms with Gasteiger partial charge in [-0.1, -0.05) is 0 Å². The Kier molecular flexibility index (Phi) is 60.7. The van der Waals surface area contributed by atoms with Crippen LogP contribution in [0.2, 0.25) is 0 Å². The molecule has 0 aliphatic carbocycles. The second-order valence-electron chi connectivity index (χ2n) is 21.2. The van der Waals surface area contributed by atoms with Crippen molar-refractivity contribution in [2.45, 2.75) is 76.7 Å². The highest BCUT2D eigenvalue weighted by Gasteiger charge is 2.33. The quantitative estimate of drug-likeness (QED) is 0.0324. The molecule has 0 spiro atoms. The molecule has 0 aromatic heterocycles. The second kappa shape index (κ2) is 65.7. The number of hydroxylamine groups is 2. The summed E-state index contributed by atoms with van der Waals surface area (Å²) in [7, 11) is 6.36. The van der Waals surface area contributed by atoms with Crippen LogP contribution in [0.5, 0.6) is 0 Å². The van der Waals surface area contributed by atoms with Gasteiger partial charge in [0.2, 0.25) is 35.4 Å². The number of hydrogen-bond donors (Lipinski definition) is 5. The SMILES string of the molecule is COCCOCCOCCOCCNC(=O)CCCNC(=O)CN(CCOCCOCCOCCOC)CC(CCC(=O)N(CCOCCOCCOCCOC)CC(=O)NCCCC(=O)NCCOCCOCCOCCOC)NC(=O)CCCC(=O)ON1C(=O)CCC1=O. The molecule has 1 heterocycles. The van der Waals surface area contributed by atoms with Crippen LogP contribution in [0.3, 0.4) is 0 Å². The van der Waals surface area contributed by atoms with Crippen LogP contribution in [-0.4, -0.2) is 346 Å². The molecule has 1 aliphatic rings. The van der Waals surface area contributed by atoms with Gasteiger partial charge in [0.15, 0.2) is 0 Å². The molecule has 0 saturated carbocycles. The first-order valence-corrected chi connectivity index (χ1v) is 33.1. The van der Waals surface area contributed by atoms with E-state index in [1.54, 1.807) is 33.3 Å². The summed E-state index contributed by atoms with van der Waals surface area (Å²) in [6, 6.07) is -0.801. The van der Waals surface area contributed by atoms with Gasteiger partial charge in [-0.05, 0) is 25.7 Å². The van der Waals surface area contributed by atoms with E-state index in [0.29, 0.717) is 150 Å². The number of rotatable bonds is 71. The average Bonchev–Trinajstić information content (AvgIpc) is 1.80. The smallest absolute Gasteiger partial charge is 0.333 e. The summed E-state index contributed by atoms with van der Waals surface area (Å²) in [4.78, 5) is 125. The number of amides is 8. The van der Waals surface area contributed by atoms with E-state index in [-0.39, 0.29) is 181 Å². The molecule has 34 nitrogen and oxygen atoms in total. The lowest BCUT2D eigenvalue weighted by molar-refractivity contribution is -0.197. The summed E-state index contributed by atoms with van der Waals surface area (Å²) in [5, 5.41) is 14.6. The zero-order valence-corrected chi connectivity index (χ0v) is 57.5. The molecule has 0 bridgehead atoms. The molecule has 34 heteroatoms. The maximum Gasteiger partial charge on any atom is 0.333 e. The highest BCUT2D eigenvalue weighted by atomic mass is 16.7. The number of ether oxygens (including phenoxy) is 16. The summed E-state index contributed by atoms with van der Waals surface area (Å²) in [5.74, 6) is -4.48. The van der Waals surface area contributed by atoms with E-state index in [4.69, 9.17) is 80.6 Å². The molecule has 1 atom stereocenters. The Hall–Kier alpha value is -5.25. The van der Waals surface area contributed by atoms with E-state index in [2.05, 4.69) is 26.6 Å². The molecule has 0 aromatic carbocycles. The van der Waals surface area contributed by atoms with Crippen LogP contribution in [-0.2, 0) is 124 Å². The van der Waals surface area contributed by atoms with Gasteiger partial charge in [0.1, 0.15) is 0 Å². The average molecular weight is 1390 g/mol. The number of carbonyl (C=O) groups excluding carboxylic acids is 9. The van der Waals surface area contributed by atoms with Gasteiger partial charge in [-0.2, -0.15) is 0 Å². The molecular weight excluding hydrogens is 1270 g/mol. The zero-order chi connectivity index (χ0) is 70.0. The third kappa shape index (κ3) is 55.7. The Balaban J connectivity index is 3.12. The predicted molar refractivity (Wildman–Crippen MR) is 343 cm³/mol. The van der Waals surface area contributed by atoms with Crippen LogP contribution >= 0.6 is 0 Å². The maximum absolute atomic E-state index is 14.3. The number of carbonyl (C=O) groups is 9. The van der Waals surface area contributed by atoms with E-state index in [0.717, 1.165) is 0 Å². The molecule has 0 aromatic rings. The van der Waals surface area contributed by atoms with Gasteiger partial charge in [0, 0.05) is 125 Å². The molecular formula is C62H114N8O26. The monoisotopic (exact) mass is 1390 g/mol. The van der Waals surface area contributed by atoms with E-state index >= 15 is 0 Å². The molecule has 1 saturated heterocycles. The minimum atomic E-state index is -0.881. The summed E-state index contributed by atoms with van der Waals surface area (Å²) in [6.07, 6.45) is 0.0282. The molecule has 0 radical (unpaired) electrons. The van der Waals surface area contributed by atoms with Crippen molar-refractivity contribution >= 4 is 53.2 Å². The Labute approximate surface area is 565 Å². The third-order valence-electron chi connectivity index (χ3n) is 13.3. The van der Waals surface area contributed by atoms with Crippen molar-refractivity contribution in [1.29, 1.82) is 0 Å². The van der Waals surface area contributed by atoms with E-state index in [1.807, 2.05) is 0 Å². The largest absolute Gasteiger partial charge is 0.382 e. The number of nitrogens with one attached hydrogen (secondary N) is 5. The first-order chi connectivity index (χ1) is 46.8. The Morgan fingerprint density at radius 1 is 0.375 bits per heavy atom. The molecule has 558 valence electrons. The zero-order valence-electron chi connectivity index (χ0n) is 57.5. The van der Waals surface area contributed by atoms with Gasteiger partial charge in [-0.3, -0.25) is 43.3 Å². The maximum atomic E-state index is 14.3. The molecule has 1 aliphatic heterocycles. The van der Waals surface area contributed by atoms with Crippen LogP contribution in [0.4, 0.5) is 0 Å². The lowest BCUT2D eigenvalue weighted by Gasteiger charge is -2.29. The van der Waals surface area contributed by atoms with Crippen molar-refractivity contribution in [3.8, 4) is 0 Å². The first kappa shape index (κ1) is 88.8. The van der Waals surface area contributed by atoms with Crippen molar-refractivity contribution in [2.75, 3.05) is 272 Å². The van der Waals surface area contributed by atoms with Crippen molar-refractivity contribution < 1.29 is 124 Å². The van der Waals surface area contributed by atoms with Gasteiger partial charge < -0.3 is 112 Å². The fourth-order valence-electron chi connectivity index (χ4n) is 8.25. The predicted octanol–water partition coefficient (Wildman–Crippen LogP) is -2.03. The Morgan fingerprint density at radius 3 is 1.12 bits per heavy atom. The lowest BCUT2D eigenvalue weighted by atomic mass is 10.1. The number of nitrogens with zero attached hydrogens (tertiary/aromatic N) is 3. The van der Waals surface area contributed by atoms with Crippen LogP contribution in [0.1, 0.15) is 70.6 Å². The molecule has 1 rings (SSSR count). The standard InChI is InChI=1S/C62H114N8O26/c1-80-26-30-88-42-46-92-38-34-84-22-18-65-54(71)9-6-16-63-57(74)51-68(20-24-86-36-40-94-48-44-90-32-28-82-3)50-53(67-56(73)8-5-11-62(79)96-70-60(77)14-15-61(70)78)12-13-59(76)69(21-25-87-37-41-95-49-45-91-33-29-83-4)52-58(75)64-17-7-10-55(72)66-19-23-85-35-39-93-47-43-89-31-27-81-2/h53H,5-52H2,1-4H3,(H,63,74)(H,64,75)(H,65,71)(H,66,72)(H,67,73). The van der Waals surface area contributed by atoms with Gasteiger partial charge in [-0.15, -0.1) is 5.06 Å². The topological polar surface area (TPSA) is 380 Å². The van der Waals surface area contributed by atoms with Gasteiger partial charge in [0.25, 0.3) is 11.8 Å². The van der Waals surface area contributed by atoms with Crippen molar-refractivity contribution in [2.24, 2.45) is 0 Å². The minimum Gasteiger partial charge on any atom is -0.382 e. The van der Waals surface area contributed by atoms with Crippen molar-refractivity contribution in [3.63, 3.8) is 0 Å². The fourth-order valence-corrected chi connectivity index (χ4v) is 8.25. The third-order valence-corrected chi connectivity index (χ3v) is 13.3. The summed E-state index contributed by atoms with van der Waals surface area (Å²) >= 11 is 0. The fraction of sp³-hybridized carbons (Fsp3) is 0.855. The van der Waals surface area contributed by atoms with Crippen LogP contribution in [0, 0.1) is 0 Å². The number of imide groups is 1. The Morgan fingerprint density at radius 2 is 0.719 bits per heavy atom. The van der Waals surface area contributed by atoms with E-state index in [9.17, 15) is 43.2 Å². The summed E-state index contributed by atoms with van der Waals surface area (Å²) in [5.41, 5.74) is 0. The first-order valence-electron chi connectivity index (χ1n) is 33.1. The minimum absolute atomic E-state index is 0.00172.